The molecule has 0 heterocycles. The molecule has 144 valence electrons. The minimum absolute atomic E-state index is 0.340. The number of hydrogen-bond acceptors (Lipinski definition) is 5. The first-order valence-electron chi connectivity index (χ1n) is 8.07. The fourth-order valence-corrected chi connectivity index (χ4v) is 3.15. The molecule has 0 fully saturated rings. The molecule has 0 radical (unpaired) electrons. The Hall–Kier alpha value is -2.58. The standard InChI is InChI=1S/C18H20ClN3O4S/c1-3-26-17-10-4-14(5-11-17)12-20-21-18(23)13-22(27(2,24)25)16-8-6-15(19)7-9-16/h4-12H,3,13H2,1-2H3,(H,21,23)/b20-12-. The summed E-state index contributed by atoms with van der Waals surface area (Å²) in [7, 11) is -3.65. The van der Waals surface area contributed by atoms with Gasteiger partial charge in [0.25, 0.3) is 5.91 Å². The summed E-state index contributed by atoms with van der Waals surface area (Å²) in [4.78, 5) is 12.1. The number of nitrogens with zero attached hydrogens (tertiary/aromatic N) is 2. The van der Waals surface area contributed by atoms with Gasteiger partial charge in [0, 0.05) is 5.02 Å². The molecule has 0 bridgehead atoms. The SMILES string of the molecule is CCOc1ccc(/C=N\NC(=O)CN(c2ccc(Cl)cc2)S(C)(=O)=O)cc1. The number of halogens is 1. The van der Waals surface area contributed by atoms with Crippen LogP contribution in [-0.2, 0) is 14.8 Å². The molecule has 0 atom stereocenters. The third kappa shape index (κ3) is 6.58. The number of sulfonamides is 1. The van der Waals surface area contributed by atoms with Crippen molar-refractivity contribution in [2.45, 2.75) is 6.92 Å². The second-order valence-corrected chi connectivity index (χ2v) is 7.88. The zero-order valence-corrected chi connectivity index (χ0v) is 16.5. The number of hydrogen-bond donors (Lipinski definition) is 1. The van der Waals surface area contributed by atoms with Crippen molar-refractivity contribution < 1.29 is 17.9 Å². The molecule has 0 saturated carbocycles. The Labute approximate surface area is 163 Å². The first kappa shape index (κ1) is 20.7. The quantitative estimate of drug-likeness (QED) is 0.536. The number of ether oxygens (including phenoxy) is 1. The molecule has 1 amide bonds. The van der Waals surface area contributed by atoms with Crippen LogP contribution in [0.3, 0.4) is 0 Å². The Balaban J connectivity index is 2.00. The first-order chi connectivity index (χ1) is 12.8. The van der Waals surface area contributed by atoms with E-state index < -0.39 is 22.5 Å². The molecule has 0 saturated heterocycles. The van der Waals surface area contributed by atoms with Crippen LogP contribution in [0.15, 0.2) is 53.6 Å². The lowest BCUT2D eigenvalue weighted by Crippen LogP contribution is -2.38. The van der Waals surface area contributed by atoms with Crippen molar-refractivity contribution in [1.29, 1.82) is 0 Å². The van der Waals surface area contributed by atoms with E-state index in [9.17, 15) is 13.2 Å². The van der Waals surface area contributed by atoms with E-state index in [1.807, 2.05) is 6.92 Å². The lowest BCUT2D eigenvalue weighted by atomic mass is 10.2. The molecule has 0 aliphatic heterocycles. The van der Waals surface area contributed by atoms with E-state index in [4.69, 9.17) is 16.3 Å². The molecule has 0 aliphatic rings. The molecule has 9 heteroatoms. The van der Waals surface area contributed by atoms with Gasteiger partial charge in [0.05, 0.1) is 24.8 Å². The number of rotatable bonds is 8. The van der Waals surface area contributed by atoms with E-state index in [-0.39, 0.29) is 0 Å². The fraction of sp³-hybridized carbons (Fsp3) is 0.222. The van der Waals surface area contributed by atoms with Crippen molar-refractivity contribution in [2.75, 3.05) is 23.7 Å². The van der Waals surface area contributed by atoms with E-state index in [1.165, 1.54) is 18.3 Å². The normalized spacial score (nSPS) is 11.4. The van der Waals surface area contributed by atoms with Crippen LogP contribution in [0.5, 0.6) is 5.75 Å². The number of amides is 1. The topological polar surface area (TPSA) is 88.1 Å². The van der Waals surface area contributed by atoms with Crippen molar-refractivity contribution in [3.63, 3.8) is 0 Å². The van der Waals surface area contributed by atoms with Gasteiger partial charge in [-0.1, -0.05) is 11.6 Å². The van der Waals surface area contributed by atoms with Crippen LogP contribution in [0, 0.1) is 0 Å². The number of anilines is 1. The van der Waals surface area contributed by atoms with E-state index >= 15 is 0 Å². The second kappa shape index (κ2) is 9.38. The highest BCUT2D eigenvalue weighted by atomic mass is 35.5. The van der Waals surface area contributed by atoms with E-state index in [1.54, 1.807) is 36.4 Å². The van der Waals surface area contributed by atoms with Gasteiger partial charge >= 0.3 is 0 Å². The van der Waals surface area contributed by atoms with E-state index in [0.717, 1.165) is 21.9 Å². The maximum absolute atomic E-state index is 12.1. The summed E-state index contributed by atoms with van der Waals surface area (Å²) in [6.45, 7) is 2.07. The zero-order valence-electron chi connectivity index (χ0n) is 14.9. The van der Waals surface area contributed by atoms with Gasteiger partial charge in [-0.2, -0.15) is 5.10 Å². The van der Waals surface area contributed by atoms with Crippen LogP contribution in [0.25, 0.3) is 0 Å². The van der Waals surface area contributed by atoms with Crippen molar-refractivity contribution in [1.82, 2.24) is 5.43 Å². The van der Waals surface area contributed by atoms with Gasteiger partial charge in [0.2, 0.25) is 10.0 Å². The number of hydrazone groups is 1. The molecule has 0 aliphatic carbocycles. The molecular formula is C18H20ClN3O4S. The third-order valence-corrected chi connectivity index (χ3v) is 4.79. The highest BCUT2D eigenvalue weighted by Crippen LogP contribution is 2.20. The van der Waals surface area contributed by atoms with Gasteiger partial charge < -0.3 is 4.74 Å². The number of carbonyl (C=O) groups is 1. The predicted octanol–water partition coefficient (Wildman–Crippen LogP) is 2.66. The molecule has 0 spiro atoms. The van der Waals surface area contributed by atoms with Crippen molar-refractivity contribution in [3.05, 3.63) is 59.1 Å². The Morgan fingerprint density at radius 2 is 1.81 bits per heavy atom. The highest BCUT2D eigenvalue weighted by molar-refractivity contribution is 7.92. The summed E-state index contributed by atoms with van der Waals surface area (Å²) >= 11 is 5.82. The molecule has 7 nitrogen and oxygen atoms in total. The van der Waals surface area contributed by atoms with Crippen molar-refractivity contribution in [2.24, 2.45) is 5.10 Å². The van der Waals surface area contributed by atoms with Crippen LogP contribution in [0.1, 0.15) is 12.5 Å². The minimum Gasteiger partial charge on any atom is -0.494 e. The summed E-state index contributed by atoms with van der Waals surface area (Å²) in [6.07, 6.45) is 2.48. The summed E-state index contributed by atoms with van der Waals surface area (Å²) in [6, 6.07) is 13.3. The smallest absolute Gasteiger partial charge is 0.260 e. The van der Waals surface area contributed by atoms with Gasteiger partial charge in [-0.25, -0.2) is 13.8 Å². The summed E-state index contributed by atoms with van der Waals surface area (Å²) in [5.41, 5.74) is 3.42. The van der Waals surface area contributed by atoms with E-state index in [2.05, 4.69) is 10.5 Å². The summed E-state index contributed by atoms with van der Waals surface area (Å²) < 4.78 is 30.3. The molecule has 0 unspecified atom stereocenters. The number of nitrogens with one attached hydrogen (secondary N) is 1. The molecule has 27 heavy (non-hydrogen) atoms. The Morgan fingerprint density at radius 1 is 1.19 bits per heavy atom. The van der Waals surface area contributed by atoms with Crippen LogP contribution in [0.2, 0.25) is 5.02 Å². The van der Waals surface area contributed by atoms with Crippen LogP contribution < -0.4 is 14.5 Å². The molecule has 2 aromatic rings. The van der Waals surface area contributed by atoms with Gasteiger partial charge in [-0.3, -0.25) is 9.10 Å². The fourth-order valence-electron chi connectivity index (χ4n) is 2.17. The summed E-state index contributed by atoms with van der Waals surface area (Å²) in [5.74, 6) is 0.169. The Morgan fingerprint density at radius 3 is 2.37 bits per heavy atom. The van der Waals surface area contributed by atoms with E-state index in [0.29, 0.717) is 17.3 Å². The van der Waals surface area contributed by atoms with Crippen molar-refractivity contribution >= 4 is 39.4 Å². The monoisotopic (exact) mass is 409 g/mol. The van der Waals surface area contributed by atoms with Gasteiger partial charge in [-0.15, -0.1) is 0 Å². The predicted molar refractivity (Wildman–Crippen MR) is 107 cm³/mol. The minimum atomic E-state index is -3.65. The van der Waals surface area contributed by atoms with Gasteiger partial charge in [0.1, 0.15) is 12.3 Å². The average molecular weight is 410 g/mol. The largest absolute Gasteiger partial charge is 0.494 e. The number of carbonyl (C=O) groups excluding carboxylic acids is 1. The molecule has 2 rings (SSSR count). The summed E-state index contributed by atoms with van der Waals surface area (Å²) in [5, 5.41) is 4.32. The van der Waals surface area contributed by atoms with Gasteiger partial charge in [-0.05, 0) is 61.0 Å². The molecule has 2 aromatic carbocycles. The first-order valence-corrected chi connectivity index (χ1v) is 10.3. The highest BCUT2D eigenvalue weighted by Gasteiger charge is 2.20. The molecule has 0 aromatic heterocycles. The molecule has 1 N–H and O–H groups in total. The maximum Gasteiger partial charge on any atom is 0.260 e. The Bertz CT molecular complexity index is 897. The lowest BCUT2D eigenvalue weighted by molar-refractivity contribution is -0.119. The number of benzene rings is 2. The lowest BCUT2D eigenvalue weighted by Gasteiger charge is -2.21. The average Bonchev–Trinajstić information content (AvgIpc) is 2.61. The van der Waals surface area contributed by atoms with Crippen LogP contribution >= 0.6 is 11.6 Å². The van der Waals surface area contributed by atoms with Crippen LogP contribution in [0.4, 0.5) is 5.69 Å². The second-order valence-electron chi connectivity index (χ2n) is 5.54. The van der Waals surface area contributed by atoms with Crippen LogP contribution in [-0.4, -0.2) is 39.9 Å². The Kier molecular flexibility index (Phi) is 7.20. The third-order valence-electron chi connectivity index (χ3n) is 3.40. The molecular weight excluding hydrogens is 390 g/mol. The van der Waals surface area contributed by atoms with Gasteiger partial charge in [0.15, 0.2) is 0 Å². The zero-order chi connectivity index (χ0) is 19.9. The van der Waals surface area contributed by atoms with Crippen molar-refractivity contribution in [3.8, 4) is 5.75 Å². The maximum atomic E-state index is 12.1.